The number of hydrogen-bond donors (Lipinski definition) is 2. The van der Waals surface area contributed by atoms with E-state index in [1.54, 1.807) is 6.20 Å². The number of furan rings is 1. The molecule has 2 N–H and O–H groups in total. The van der Waals surface area contributed by atoms with Crippen LogP contribution in [0.3, 0.4) is 0 Å². The van der Waals surface area contributed by atoms with Gasteiger partial charge in [0.1, 0.15) is 24.1 Å². The number of rotatable bonds is 6. The Labute approximate surface area is 213 Å². The van der Waals surface area contributed by atoms with E-state index >= 15 is 0 Å². The summed E-state index contributed by atoms with van der Waals surface area (Å²) in [6, 6.07) is 24.1. The third-order valence-corrected chi connectivity index (χ3v) is 6.70. The number of benzene rings is 2. The number of aromatic nitrogens is 1. The van der Waals surface area contributed by atoms with Gasteiger partial charge in [0.25, 0.3) is 0 Å². The summed E-state index contributed by atoms with van der Waals surface area (Å²) in [5.41, 5.74) is 3.41. The number of hydrogen-bond acceptors (Lipinski definition) is 4. The van der Waals surface area contributed by atoms with E-state index in [2.05, 4.69) is 15.6 Å². The molecule has 0 radical (unpaired) electrons. The van der Waals surface area contributed by atoms with Gasteiger partial charge in [0.2, 0.25) is 5.91 Å². The first-order chi connectivity index (χ1) is 17.0. The fraction of sp³-hybridized carbons (Fsp3) is 0.148. The van der Waals surface area contributed by atoms with Crippen LogP contribution in [-0.2, 0) is 4.79 Å². The molecule has 1 aliphatic heterocycles. The number of nitrogens with zero attached hydrogens (tertiary/aromatic N) is 2. The highest BCUT2D eigenvalue weighted by atomic mass is 35.5. The minimum absolute atomic E-state index is 0.0567. The third kappa shape index (κ3) is 4.92. The number of carbonyl (C=O) groups is 1. The van der Waals surface area contributed by atoms with Gasteiger partial charge in [0.05, 0.1) is 11.7 Å². The van der Waals surface area contributed by atoms with Gasteiger partial charge in [-0.1, -0.05) is 48.0 Å². The summed E-state index contributed by atoms with van der Waals surface area (Å²) >= 11 is 12.0. The summed E-state index contributed by atoms with van der Waals surface area (Å²) in [5.74, 6) is 1.18. The van der Waals surface area contributed by atoms with E-state index in [4.69, 9.17) is 28.2 Å². The number of thiocarbonyl (C=S) groups is 1. The fourth-order valence-corrected chi connectivity index (χ4v) is 4.66. The maximum Gasteiger partial charge on any atom is 0.244 e. The molecule has 1 saturated heterocycles. The predicted octanol–water partition coefficient (Wildman–Crippen LogP) is 5.91. The van der Waals surface area contributed by atoms with Gasteiger partial charge in [-0.3, -0.25) is 9.78 Å². The van der Waals surface area contributed by atoms with Crippen LogP contribution in [0.2, 0.25) is 5.02 Å². The Morgan fingerprint density at radius 1 is 1.11 bits per heavy atom. The standard InChI is InChI=1S/C27H23ClN4O2S/c1-17-10-11-18(15-20(17)28)22-12-13-23(34-22)26-25(21-9-5-6-14-29-21)31-27(35)32(26)16-24(33)30-19-7-3-2-4-8-19/h2-15,25-26H,16H2,1H3,(H,30,33)(H,31,35)/t25-,26-/m0/s1. The number of nitrogens with one attached hydrogen (secondary N) is 2. The number of halogens is 1. The van der Waals surface area contributed by atoms with Crippen LogP contribution in [0.5, 0.6) is 0 Å². The largest absolute Gasteiger partial charge is 0.459 e. The van der Waals surface area contributed by atoms with Crippen LogP contribution in [-0.4, -0.2) is 27.4 Å². The molecule has 3 heterocycles. The van der Waals surface area contributed by atoms with Crippen LogP contribution in [0.15, 0.2) is 89.5 Å². The SMILES string of the molecule is Cc1ccc(-c2ccc([C@H]3[C@H](c4ccccn4)NC(=S)N3CC(=O)Nc3ccccc3)o2)cc1Cl. The molecule has 0 saturated carbocycles. The maximum atomic E-state index is 12.9. The van der Waals surface area contributed by atoms with Crippen molar-refractivity contribution in [2.24, 2.45) is 0 Å². The first kappa shape index (κ1) is 23.1. The normalized spacial score (nSPS) is 17.3. The molecule has 6 nitrogen and oxygen atoms in total. The number of carbonyl (C=O) groups excluding carboxylic acids is 1. The molecule has 4 aromatic rings. The van der Waals surface area contributed by atoms with E-state index in [0.29, 0.717) is 21.7 Å². The predicted molar refractivity (Wildman–Crippen MR) is 141 cm³/mol. The number of para-hydroxylation sites is 1. The molecular formula is C27H23ClN4O2S. The lowest BCUT2D eigenvalue weighted by Crippen LogP contribution is -2.36. The lowest BCUT2D eigenvalue weighted by Gasteiger charge is -2.25. The molecule has 5 rings (SSSR count). The summed E-state index contributed by atoms with van der Waals surface area (Å²) < 4.78 is 6.32. The monoisotopic (exact) mass is 502 g/mol. The van der Waals surface area contributed by atoms with Crippen molar-refractivity contribution in [2.45, 2.75) is 19.0 Å². The average Bonchev–Trinajstić information content (AvgIpc) is 3.47. The Kier molecular flexibility index (Phi) is 6.53. The second-order valence-electron chi connectivity index (χ2n) is 8.33. The van der Waals surface area contributed by atoms with Gasteiger partial charge in [0.15, 0.2) is 5.11 Å². The Bertz CT molecular complexity index is 1360. The summed E-state index contributed by atoms with van der Waals surface area (Å²) in [5, 5.41) is 7.41. The van der Waals surface area contributed by atoms with Crippen LogP contribution in [0.1, 0.15) is 29.1 Å². The van der Waals surface area contributed by atoms with Gasteiger partial charge in [0, 0.05) is 22.5 Å². The molecule has 0 bridgehead atoms. The minimum atomic E-state index is -0.367. The Morgan fingerprint density at radius 2 is 1.91 bits per heavy atom. The van der Waals surface area contributed by atoms with Gasteiger partial charge < -0.3 is 20.0 Å². The molecular weight excluding hydrogens is 480 g/mol. The van der Waals surface area contributed by atoms with Gasteiger partial charge in [-0.2, -0.15) is 0 Å². The fourth-order valence-electron chi connectivity index (χ4n) is 4.17. The van der Waals surface area contributed by atoms with Crippen molar-refractivity contribution in [2.75, 3.05) is 11.9 Å². The highest BCUT2D eigenvalue weighted by Crippen LogP contribution is 2.40. The number of amides is 1. The van der Waals surface area contributed by atoms with Gasteiger partial charge >= 0.3 is 0 Å². The summed E-state index contributed by atoms with van der Waals surface area (Å²) in [6.07, 6.45) is 1.74. The molecule has 0 spiro atoms. The lowest BCUT2D eigenvalue weighted by molar-refractivity contribution is -0.116. The lowest BCUT2D eigenvalue weighted by atomic mass is 10.0. The summed E-state index contributed by atoms with van der Waals surface area (Å²) in [4.78, 5) is 19.3. The van der Waals surface area contributed by atoms with E-state index in [1.807, 2.05) is 90.7 Å². The van der Waals surface area contributed by atoms with E-state index in [9.17, 15) is 4.79 Å². The van der Waals surface area contributed by atoms with Crippen molar-refractivity contribution in [3.8, 4) is 11.3 Å². The van der Waals surface area contributed by atoms with E-state index < -0.39 is 0 Å². The van der Waals surface area contributed by atoms with Gasteiger partial charge in [-0.05, 0) is 67.2 Å². The maximum absolute atomic E-state index is 12.9. The smallest absolute Gasteiger partial charge is 0.244 e. The molecule has 8 heteroatoms. The van der Waals surface area contributed by atoms with E-state index in [0.717, 1.165) is 22.5 Å². The molecule has 2 atom stereocenters. The number of anilines is 1. The first-order valence-electron chi connectivity index (χ1n) is 11.2. The molecule has 2 aromatic carbocycles. The topological polar surface area (TPSA) is 70.4 Å². The Morgan fingerprint density at radius 3 is 2.66 bits per heavy atom. The molecule has 1 fully saturated rings. The van der Waals surface area contributed by atoms with Crippen LogP contribution in [0, 0.1) is 6.92 Å². The minimum Gasteiger partial charge on any atom is -0.459 e. The van der Waals surface area contributed by atoms with Crippen LogP contribution in [0.25, 0.3) is 11.3 Å². The molecule has 35 heavy (non-hydrogen) atoms. The van der Waals surface area contributed by atoms with Crippen molar-refractivity contribution in [1.82, 2.24) is 15.2 Å². The third-order valence-electron chi connectivity index (χ3n) is 5.94. The van der Waals surface area contributed by atoms with Crippen molar-refractivity contribution < 1.29 is 9.21 Å². The molecule has 1 aliphatic rings. The van der Waals surface area contributed by atoms with Crippen LogP contribution in [0.4, 0.5) is 5.69 Å². The zero-order valence-corrected chi connectivity index (χ0v) is 20.5. The van der Waals surface area contributed by atoms with Crippen molar-refractivity contribution in [3.63, 3.8) is 0 Å². The van der Waals surface area contributed by atoms with Crippen molar-refractivity contribution in [3.05, 3.63) is 107 Å². The highest BCUT2D eigenvalue weighted by Gasteiger charge is 2.42. The average molecular weight is 503 g/mol. The molecule has 0 unspecified atom stereocenters. The Balaban J connectivity index is 1.47. The van der Waals surface area contributed by atoms with E-state index in [-0.39, 0.29) is 24.5 Å². The van der Waals surface area contributed by atoms with E-state index in [1.165, 1.54) is 0 Å². The molecule has 176 valence electrons. The van der Waals surface area contributed by atoms with Crippen molar-refractivity contribution in [1.29, 1.82) is 0 Å². The van der Waals surface area contributed by atoms with Crippen LogP contribution < -0.4 is 10.6 Å². The zero-order chi connectivity index (χ0) is 24.4. The van der Waals surface area contributed by atoms with Gasteiger partial charge in [-0.15, -0.1) is 0 Å². The quantitative estimate of drug-likeness (QED) is 0.319. The summed E-state index contributed by atoms with van der Waals surface area (Å²) in [7, 11) is 0. The molecule has 2 aromatic heterocycles. The van der Waals surface area contributed by atoms with Crippen molar-refractivity contribution >= 4 is 40.5 Å². The van der Waals surface area contributed by atoms with Crippen LogP contribution >= 0.6 is 23.8 Å². The first-order valence-corrected chi connectivity index (χ1v) is 12.0. The molecule has 1 amide bonds. The second kappa shape index (κ2) is 9.90. The second-order valence-corrected chi connectivity index (χ2v) is 9.13. The molecule has 0 aliphatic carbocycles. The Hall–Kier alpha value is -3.68. The summed E-state index contributed by atoms with van der Waals surface area (Å²) in [6.45, 7) is 2.02. The zero-order valence-electron chi connectivity index (χ0n) is 18.9. The number of aryl methyl sites for hydroxylation is 1. The van der Waals surface area contributed by atoms with Gasteiger partial charge in [-0.25, -0.2) is 0 Å². The highest BCUT2D eigenvalue weighted by molar-refractivity contribution is 7.80. The number of pyridine rings is 1.